The van der Waals surface area contributed by atoms with Crippen molar-refractivity contribution in [3.8, 4) is 0 Å². The van der Waals surface area contributed by atoms with Crippen LogP contribution < -0.4 is 27.0 Å². The first kappa shape index (κ1) is 65.7. The molecule has 1 unspecified atom stereocenters. The molecule has 400 valence electrons. The Morgan fingerprint density at radius 2 is 1.51 bits per heavy atom. The minimum Gasteiger partial charge on any atom is -0.376 e. The zero-order valence-electron chi connectivity index (χ0n) is 43.5. The maximum Gasteiger partial charge on any atom is 0.325 e. The lowest BCUT2D eigenvalue weighted by atomic mass is 10.0. The molecule has 20 nitrogen and oxygen atoms in total. The van der Waals surface area contributed by atoms with Gasteiger partial charge in [0.1, 0.15) is 18.1 Å². The number of hydrogen-bond donors (Lipinski definition) is 8. The van der Waals surface area contributed by atoms with Crippen molar-refractivity contribution in [1.82, 2.24) is 36.1 Å². The van der Waals surface area contributed by atoms with Gasteiger partial charge in [-0.2, -0.15) is 9.90 Å². The molecule has 0 aliphatic heterocycles. The molecule has 0 fully saturated rings. The highest BCUT2D eigenvalue weighted by atomic mass is 31.2. The van der Waals surface area contributed by atoms with Crippen LogP contribution in [-0.2, 0) is 60.4 Å². The molecule has 2 aromatic rings. The average molecular weight is 1030 g/mol. The molecule has 7 atom stereocenters. The van der Waals surface area contributed by atoms with Gasteiger partial charge in [-0.1, -0.05) is 58.0 Å². The van der Waals surface area contributed by atoms with Gasteiger partial charge in [-0.05, 0) is 98.0 Å². The second kappa shape index (κ2) is 33.4. The van der Waals surface area contributed by atoms with Crippen LogP contribution in [-0.4, -0.2) is 141 Å². The van der Waals surface area contributed by atoms with Gasteiger partial charge in [-0.3, -0.25) is 33.3 Å². The van der Waals surface area contributed by atoms with Gasteiger partial charge < -0.3 is 60.9 Å². The van der Waals surface area contributed by atoms with Gasteiger partial charge in [0.05, 0.1) is 56.0 Å². The van der Waals surface area contributed by atoms with Gasteiger partial charge in [0.15, 0.2) is 0 Å². The fourth-order valence-electron chi connectivity index (χ4n) is 6.75. The smallest absolute Gasteiger partial charge is 0.325 e. The second-order valence-electron chi connectivity index (χ2n) is 19.5. The van der Waals surface area contributed by atoms with E-state index >= 15 is 0 Å². The minimum absolute atomic E-state index is 0. The first-order valence-corrected chi connectivity index (χ1v) is 25.6. The molecule has 22 heteroatoms. The Morgan fingerprint density at radius 1 is 0.886 bits per heavy atom. The summed E-state index contributed by atoms with van der Waals surface area (Å²) in [4.78, 5) is 104. The number of nitrogens with two attached hydrogens (primary N) is 1. The highest BCUT2D eigenvalue weighted by Gasteiger charge is 2.32. The van der Waals surface area contributed by atoms with Crippen molar-refractivity contribution in [2.75, 3.05) is 39.1 Å². The minimum atomic E-state index is -4.32. The zero-order chi connectivity index (χ0) is 52.4. The van der Waals surface area contributed by atoms with E-state index in [0.717, 1.165) is 19.3 Å². The average Bonchev–Trinajstić information content (AvgIpc) is 3.77. The summed E-state index contributed by atoms with van der Waals surface area (Å²) in [6, 6.07) is 6.19. The van der Waals surface area contributed by atoms with E-state index in [9.17, 15) is 38.3 Å². The lowest BCUT2D eigenvalue weighted by Crippen LogP contribution is -2.58. The molecule has 0 bridgehead atoms. The number of ether oxygens (including phenoxy) is 3. The molecule has 70 heavy (non-hydrogen) atoms. The third-order valence-electron chi connectivity index (χ3n) is 10.8. The van der Waals surface area contributed by atoms with E-state index in [-0.39, 0.29) is 78.8 Å². The molecule has 0 saturated heterocycles. The summed E-state index contributed by atoms with van der Waals surface area (Å²) in [6.07, 6.45) is 5.80. The highest BCUT2D eigenvalue weighted by Crippen LogP contribution is 2.37. The normalized spacial score (nSPS) is 14.3. The number of aromatic amines is 1. The molecule has 0 aliphatic rings. The number of unbranched alkanes of at least 4 members (excludes halogenated alkanes) is 1. The molecule has 9 N–H and O–H groups in total. The number of carbonyl (C=O) groups excluding carboxylic acids is 6. The zero-order valence-corrected chi connectivity index (χ0v) is 45.8. The van der Waals surface area contributed by atoms with Gasteiger partial charge in [0.2, 0.25) is 35.9 Å². The number of nitrogens with one attached hydrogen (secondary N) is 5. The van der Waals surface area contributed by atoms with Gasteiger partial charge in [-0.25, -0.2) is 4.98 Å². The number of H-pyrrole nitrogens is 1. The lowest BCUT2D eigenvalue weighted by molar-refractivity contribution is -0.143. The van der Waals surface area contributed by atoms with Crippen LogP contribution >= 0.6 is 17.5 Å². The Labute approximate surface area is 419 Å². The summed E-state index contributed by atoms with van der Waals surface area (Å²) in [5, 5.41) is 10.9. The first-order valence-electron chi connectivity index (χ1n) is 23.8. The second-order valence-corrected chi connectivity index (χ2v) is 21.2. The summed E-state index contributed by atoms with van der Waals surface area (Å²) in [5.74, 6) is -3.46. The van der Waals surface area contributed by atoms with Crippen molar-refractivity contribution in [1.29, 1.82) is 0 Å². The van der Waals surface area contributed by atoms with E-state index in [1.807, 2.05) is 73.6 Å². The van der Waals surface area contributed by atoms with E-state index in [1.165, 1.54) is 29.9 Å². The van der Waals surface area contributed by atoms with Crippen LogP contribution in [0, 0.1) is 11.8 Å². The Hall–Kier alpha value is -4.29. The molecule has 1 aromatic carbocycles. The van der Waals surface area contributed by atoms with Crippen LogP contribution in [0.15, 0.2) is 42.9 Å². The fourth-order valence-corrected chi connectivity index (χ4v) is 7.82. The standard InChI is InChI=1S/C47H80N7O11P.CH3NO.H3P/c1-12-38(63-22-17-16-20-36-18-14-13-15-19-36)27-54(42(56)21-23-64-47(10,11)30-65-46(7,8)9)28-41(55)52-39(24-32(2)3)45(59)53-40(25-37-26-48-31-49-37)44(58)51-35(6)43(57)50-34(5)33(4)29-66(60,61)62;2-1-3;/h13-15,18-19,26,31-35,38-40H,12,16-17,20-25,27-30H2,1-11H3,(H,48,49)(H,50,57)(H,51,58)(H,52,55)(H,53,59)(H2,60,61,62);1H,(H2,2,3);1H3/t33-,34+,35-,38+,39-,40-;;/m0../s1. The summed E-state index contributed by atoms with van der Waals surface area (Å²) >= 11 is 0. The van der Waals surface area contributed by atoms with E-state index < -0.39 is 73.1 Å². The molecular weight excluding hydrogens is 943 g/mol. The van der Waals surface area contributed by atoms with E-state index in [4.69, 9.17) is 19.0 Å². The van der Waals surface area contributed by atoms with Gasteiger partial charge in [-0.15, -0.1) is 0 Å². The maximum absolute atomic E-state index is 14.1. The number of hydrogen-bond acceptors (Lipinski definition) is 11. The number of imidazole rings is 1. The summed E-state index contributed by atoms with van der Waals surface area (Å²) < 4.78 is 29.8. The maximum atomic E-state index is 14.1. The molecule has 0 spiro atoms. The molecule has 1 heterocycles. The number of aromatic nitrogens is 2. The molecule has 1 aromatic heterocycles. The van der Waals surface area contributed by atoms with Crippen molar-refractivity contribution >= 4 is 53.4 Å². The van der Waals surface area contributed by atoms with Crippen LogP contribution in [0.5, 0.6) is 0 Å². The van der Waals surface area contributed by atoms with Crippen molar-refractivity contribution < 1.29 is 57.3 Å². The topological polar surface area (TPSA) is 294 Å². The Balaban J connectivity index is 0.0000116. The molecule has 0 saturated carbocycles. The number of nitrogens with zero attached hydrogens (tertiary/aromatic N) is 2. The van der Waals surface area contributed by atoms with E-state index in [1.54, 1.807) is 13.8 Å². The largest absolute Gasteiger partial charge is 0.376 e. The Bertz CT molecular complexity index is 1880. The van der Waals surface area contributed by atoms with Crippen LogP contribution in [0.25, 0.3) is 0 Å². The molecule has 6 amide bonds. The van der Waals surface area contributed by atoms with Crippen molar-refractivity contribution in [3.05, 3.63) is 54.1 Å². The third-order valence-corrected chi connectivity index (χ3v) is 11.8. The monoisotopic (exact) mass is 1030 g/mol. The first-order chi connectivity index (χ1) is 32.2. The van der Waals surface area contributed by atoms with E-state index in [0.29, 0.717) is 25.3 Å². The van der Waals surface area contributed by atoms with Crippen LogP contribution in [0.3, 0.4) is 0 Å². The number of amides is 6. The molecule has 2 rings (SSSR count). The lowest BCUT2D eigenvalue weighted by Gasteiger charge is -2.31. The highest BCUT2D eigenvalue weighted by molar-refractivity contribution is 7.51. The van der Waals surface area contributed by atoms with Crippen LogP contribution in [0.1, 0.15) is 120 Å². The predicted octanol–water partition coefficient (Wildman–Crippen LogP) is 3.60. The van der Waals surface area contributed by atoms with Crippen molar-refractivity contribution in [3.63, 3.8) is 0 Å². The Morgan fingerprint density at radius 3 is 2.07 bits per heavy atom. The van der Waals surface area contributed by atoms with Crippen LogP contribution in [0.2, 0.25) is 0 Å². The molecular formula is C48H86N8O12P2. The molecule has 0 aliphatic carbocycles. The summed E-state index contributed by atoms with van der Waals surface area (Å²) in [6.45, 7) is 20.7. The van der Waals surface area contributed by atoms with Gasteiger partial charge >= 0.3 is 7.60 Å². The van der Waals surface area contributed by atoms with Crippen molar-refractivity contribution in [2.45, 2.75) is 163 Å². The Kier molecular flexibility index (Phi) is 31.3. The van der Waals surface area contributed by atoms with Gasteiger partial charge in [0, 0.05) is 37.5 Å². The van der Waals surface area contributed by atoms with Crippen LogP contribution in [0.4, 0.5) is 0 Å². The number of aryl methyl sites for hydroxylation is 1. The quantitative estimate of drug-likeness (QED) is 0.0305. The van der Waals surface area contributed by atoms with Gasteiger partial charge in [0.25, 0.3) is 0 Å². The number of primary amides is 1. The van der Waals surface area contributed by atoms with Crippen molar-refractivity contribution in [2.24, 2.45) is 17.6 Å². The summed E-state index contributed by atoms with van der Waals surface area (Å²) in [5.41, 5.74) is 4.89. The number of benzene rings is 1. The molecule has 0 radical (unpaired) electrons. The number of rotatable bonds is 31. The third kappa shape index (κ3) is 29.8. The van der Waals surface area contributed by atoms with E-state index in [2.05, 4.69) is 49.1 Å². The SMILES string of the molecule is CC[C@H](CN(CC(=O)N[C@@H](CC(C)C)C(=O)N[C@@H](Cc1cnc[nH]1)C(=O)N[C@@H](C)C(=O)N[C@H](C)[C@@H](C)CP(=O)(O)O)C(=O)CCOC(C)(C)COC(C)(C)C)OCCCCc1ccccc1.NC=O.P. The predicted molar refractivity (Wildman–Crippen MR) is 275 cm³/mol. The summed E-state index contributed by atoms with van der Waals surface area (Å²) in [7, 11) is -4.32. The number of carbonyl (C=O) groups is 6. The fraction of sp³-hybridized carbons (Fsp3) is 0.688.